The van der Waals surface area contributed by atoms with Crippen LogP contribution in [0.2, 0.25) is 0 Å². The Morgan fingerprint density at radius 3 is 2.38 bits per heavy atom. The van der Waals surface area contributed by atoms with Gasteiger partial charge in [0.2, 0.25) is 0 Å². The molecule has 0 aliphatic carbocycles. The van der Waals surface area contributed by atoms with Crippen molar-refractivity contribution in [2.24, 2.45) is 0 Å². The molecule has 1 saturated heterocycles. The van der Waals surface area contributed by atoms with Crippen molar-refractivity contribution in [2.45, 2.75) is 50.0 Å². The van der Waals surface area contributed by atoms with E-state index >= 15 is 0 Å². The third-order valence-corrected chi connectivity index (χ3v) is 6.94. The van der Waals surface area contributed by atoms with Gasteiger partial charge in [-0.3, -0.25) is 4.90 Å². The first-order valence-electron chi connectivity index (χ1n) is 11.2. The molecule has 0 spiro atoms. The molecule has 3 rings (SSSR count). The lowest BCUT2D eigenvalue weighted by Crippen LogP contribution is -2.46. The van der Waals surface area contributed by atoms with E-state index in [-0.39, 0.29) is 6.10 Å². The summed E-state index contributed by atoms with van der Waals surface area (Å²) in [5.41, 5.74) is 2.46. The second-order valence-electron chi connectivity index (χ2n) is 7.92. The lowest BCUT2D eigenvalue weighted by atomic mass is 10.0. The Labute approximate surface area is 181 Å². The predicted octanol–water partition coefficient (Wildman–Crippen LogP) is 5.60. The van der Waals surface area contributed by atoms with Crippen LogP contribution in [-0.4, -0.2) is 48.5 Å². The number of hydrogen-bond donors (Lipinski definition) is 1. The Hall–Kier alpha value is -1.49. The first kappa shape index (κ1) is 22.2. The highest BCUT2D eigenvalue weighted by molar-refractivity contribution is 7.99. The smallest absolute Gasteiger partial charge is 0.0790 e. The van der Waals surface area contributed by atoms with Gasteiger partial charge in [0.05, 0.1) is 11.8 Å². The van der Waals surface area contributed by atoms with Crippen molar-refractivity contribution in [3.05, 3.63) is 60.2 Å². The van der Waals surface area contributed by atoms with E-state index in [4.69, 9.17) is 0 Å². The van der Waals surface area contributed by atoms with Gasteiger partial charge >= 0.3 is 0 Å². The number of benzene rings is 2. The molecule has 1 heterocycles. The Morgan fingerprint density at radius 1 is 0.897 bits per heavy atom. The number of piperazine rings is 1. The van der Waals surface area contributed by atoms with Crippen LogP contribution in [0.5, 0.6) is 0 Å². The molecule has 1 N–H and O–H groups in total. The van der Waals surface area contributed by atoms with Crippen LogP contribution in [0.1, 0.15) is 50.7 Å². The number of thioether (sulfide) groups is 1. The van der Waals surface area contributed by atoms with E-state index in [1.165, 1.54) is 42.1 Å². The summed E-state index contributed by atoms with van der Waals surface area (Å²) in [7, 11) is 0. The highest BCUT2D eigenvalue weighted by Gasteiger charge is 2.18. The van der Waals surface area contributed by atoms with Gasteiger partial charge in [0.25, 0.3) is 0 Å². The topological polar surface area (TPSA) is 26.7 Å². The summed E-state index contributed by atoms with van der Waals surface area (Å²) in [6, 6.07) is 18.9. The fraction of sp³-hybridized carbons (Fsp3) is 0.520. The molecular weight excluding hydrogens is 376 g/mol. The molecule has 1 atom stereocenters. The fourth-order valence-electron chi connectivity index (χ4n) is 3.96. The molecule has 29 heavy (non-hydrogen) atoms. The summed E-state index contributed by atoms with van der Waals surface area (Å²) in [5, 5.41) is 10.3. The van der Waals surface area contributed by atoms with Crippen molar-refractivity contribution in [2.75, 3.05) is 43.4 Å². The minimum atomic E-state index is -0.314. The Kier molecular flexibility index (Phi) is 9.39. The zero-order chi connectivity index (χ0) is 20.3. The standard InChI is InChI=1S/C25H36N2OS/c1-2-21-29-25-15-9-8-13-23(25)27-19-17-26(18-20-27)16-10-4-7-14-24(28)22-11-5-3-6-12-22/h3,5-6,8-9,11-13,15,24,28H,2,4,7,10,14,16-21H2,1H3/t24-/m0/s1. The molecular formula is C25H36N2OS. The first-order chi connectivity index (χ1) is 14.3. The van der Waals surface area contributed by atoms with Gasteiger partial charge < -0.3 is 10.0 Å². The Balaban J connectivity index is 1.33. The van der Waals surface area contributed by atoms with Gasteiger partial charge in [0, 0.05) is 31.1 Å². The maximum atomic E-state index is 10.3. The molecule has 0 aromatic heterocycles. The molecule has 1 aliphatic heterocycles. The van der Waals surface area contributed by atoms with E-state index in [0.717, 1.165) is 44.6 Å². The minimum absolute atomic E-state index is 0.314. The third kappa shape index (κ3) is 7.06. The molecule has 4 heteroatoms. The van der Waals surface area contributed by atoms with E-state index in [1.807, 2.05) is 42.1 Å². The monoisotopic (exact) mass is 412 g/mol. The Morgan fingerprint density at radius 2 is 1.62 bits per heavy atom. The van der Waals surface area contributed by atoms with Crippen molar-refractivity contribution in [3.8, 4) is 0 Å². The number of rotatable bonds is 11. The van der Waals surface area contributed by atoms with Crippen molar-refractivity contribution in [1.82, 2.24) is 4.90 Å². The molecule has 1 aliphatic rings. The van der Waals surface area contributed by atoms with Gasteiger partial charge in [-0.2, -0.15) is 0 Å². The molecule has 3 nitrogen and oxygen atoms in total. The predicted molar refractivity (Wildman–Crippen MR) is 126 cm³/mol. The van der Waals surface area contributed by atoms with Crippen molar-refractivity contribution < 1.29 is 5.11 Å². The molecule has 0 radical (unpaired) electrons. The van der Waals surface area contributed by atoms with E-state index in [9.17, 15) is 5.11 Å². The molecule has 158 valence electrons. The summed E-state index contributed by atoms with van der Waals surface area (Å²) in [5.74, 6) is 1.19. The number of nitrogens with zero attached hydrogens (tertiary/aromatic N) is 2. The highest BCUT2D eigenvalue weighted by atomic mass is 32.2. The Bertz CT molecular complexity index is 701. The summed E-state index contributed by atoms with van der Waals surface area (Å²) in [4.78, 5) is 6.59. The maximum Gasteiger partial charge on any atom is 0.0790 e. The fourth-order valence-corrected chi connectivity index (χ4v) is 4.90. The van der Waals surface area contributed by atoms with Crippen LogP contribution in [0.3, 0.4) is 0 Å². The van der Waals surface area contributed by atoms with E-state index in [0.29, 0.717) is 0 Å². The van der Waals surface area contributed by atoms with Crippen molar-refractivity contribution >= 4 is 17.4 Å². The highest BCUT2D eigenvalue weighted by Crippen LogP contribution is 2.31. The van der Waals surface area contributed by atoms with Crippen LogP contribution in [0.4, 0.5) is 5.69 Å². The average molecular weight is 413 g/mol. The third-order valence-electron chi connectivity index (χ3n) is 5.68. The lowest BCUT2D eigenvalue weighted by molar-refractivity contribution is 0.162. The van der Waals surface area contributed by atoms with Crippen LogP contribution in [0.25, 0.3) is 0 Å². The summed E-state index contributed by atoms with van der Waals surface area (Å²) in [6.07, 6.45) is 5.29. The molecule has 2 aromatic rings. The first-order valence-corrected chi connectivity index (χ1v) is 12.2. The lowest BCUT2D eigenvalue weighted by Gasteiger charge is -2.37. The largest absolute Gasteiger partial charge is 0.388 e. The normalized spacial score (nSPS) is 16.1. The number of para-hydroxylation sites is 1. The molecule has 1 fully saturated rings. The summed E-state index contributed by atoms with van der Waals surface area (Å²) >= 11 is 1.99. The molecule has 0 unspecified atom stereocenters. The van der Waals surface area contributed by atoms with Gasteiger partial charge in [-0.05, 0) is 49.3 Å². The maximum absolute atomic E-state index is 10.3. The van der Waals surface area contributed by atoms with Gasteiger partial charge in [-0.15, -0.1) is 11.8 Å². The van der Waals surface area contributed by atoms with E-state index < -0.39 is 0 Å². The SMILES string of the molecule is CCCSc1ccccc1N1CCN(CCCCC[C@H](O)c2ccccc2)CC1. The van der Waals surface area contributed by atoms with E-state index in [2.05, 4.69) is 41.0 Å². The number of anilines is 1. The van der Waals surface area contributed by atoms with Crippen LogP contribution in [0, 0.1) is 0 Å². The number of unbranched alkanes of at least 4 members (excludes halogenated alkanes) is 2. The summed E-state index contributed by atoms with van der Waals surface area (Å²) < 4.78 is 0. The second kappa shape index (κ2) is 12.3. The number of hydrogen-bond acceptors (Lipinski definition) is 4. The van der Waals surface area contributed by atoms with Crippen molar-refractivity contribution in [3.63, 3.8) is 0 Å². The average Bonchev–Trinajstić information content (AvgIpc) is 2.78. The molecule has 2 aromatic carbocycles. The summed E-state index contributed by atoms with van der Waals surface area (Å²) in [6.45, 7) is 7.98. The van der Waals surface area contributed by atoms with Crippen LogP contribution < -0.4 is 4.90 Å². The number of aliphatic hydroxyl groups excluding tert-OH is 1. The van der Waals surface area contributed by atoms with Gasteiger partial charge in [-0.25, -0.2) is 0 Å². The van der Waals surface area contributed by atoms with Crippen LogP contribution in [-0.2, 0) is 0 Å². The second-order valence-corrected chi connectivity index (χ2v) is 9.06. The minimum Gasteiger partial charge on any atom is -0.388 e. The zero-order valence-corrected chi connectivity index (χ0v) is 18.6. The zero-order valence-electron chi connectivity index (χ0n) is 17.8. The molecule has 0 bridgehead atoms. The van der Waals surface area contributed by atoms with Crippen LogP contribution in [0.15, 0.2) is 59.5 Å². The van der Waals surface area contributed by atoms with Crippen molar-refractivity contribution in [1.29, 1.82) is 0 Å². The van der Waals surface area contributed by atoms with Gasteiger partial charge in [0.1, 0.15) is 0 Å². The molecule has 0 amide bonds. The van der Waals surface area contributed by atoms with E-state index in [1.54, 1.807) is 0 Å². The van der Waals surface area contributed by atoms with Gasteiger partial charge in [0.15, 0.2) is 0 Å². The quantitative estimate of drug-likeness (QED) is 0.384. The molecule has 0 saturated carbocycles. The number of aliphatic hydroxyl groups is 1. The van der Waals surface area contributed by atoms with Crippen LogP contribution >= 0.6 is 11.8 Å². The van der Waals surface area contributed by atoms with Gasteiger partial charge in [-0.1, -0.05) is 62.2 Å².